The molecule has 4 rings (SSSR count). The Morgan fingerprint density at radius 3 is 1.33 bits per heavy atom. The first kappa shape index (κ1) is 35.5. The molecular weight excluding hydrogens is 558 g/mol. The molecule has 0 N–H and O–H groups in total. The lowest BCUT2D eigenvalue weighted by Crippen LogP contribution is -2.04. The quantitative estimate of drug-likeness (QED) is 0.111. The maximum atomic E-state index is 5.13. The topological polar surface area (TPSA) is 38.7 Å². The van der Waals surface area contributed by atoms with Crippen LogP contribution in [0.1, 0.15) is 127 Å². The van der Waals surface area contributed by atoms with Crippen molar-refractivity contribution in [2.75, 3.05) is 0 Å². The molecular formula is C43H59N3. The summed E-state index contributed by atoms with van der Waals surface area (Å²) >= 11 is 0. The molecule has 3 aromatic carbocycles. The Morgan fingerprint density at radius 2 is 0.935 bits per heavy atom. The van der Waals surface area contributed by atoms with E-state index in [-0.39, 0.29) is 0 Å². The van der Waals surface area contributed by atoms with Crippen LogP contribution in [-0.4, -0.2) is 15.0 Å². The van der Waals surface area contributed by atoms with Crippen LogP contribution in [-0.2, 0) is 19.3 Å². The summed E-state index contributed by atoms with van der Waals surface area (Å²) in [7, 11) is 0. The van der Waals surface area contributed by atoms with Crippen molar-refractivity contribution >= 4 is 0 Å². The summed E-state index contributed by atoms with van der Waals surface area (Å²) in [5.41, 5.74) is 9.79. The summed E-state index contributed by atoms with van der Waals surface area (Å²) in [6.45, 7) is 15.9. The van der Waals surface area contributed by atoms with Crippen LogP contribution >= 0.6 is 0 Å². The summed E-state index contributed by atoms with van der Waals surface area (Å²) in [6, 6.07) is 22.4. The van der Waals surface area contributed by atoms with Crippen LogP contribution < -0.4 is 0 Å². The number of rotatable bonds is 18. The molecule has 3 nitrogen and oxygen atoms in total. The lowest BCUT2D eigenvalue weighted by Gasteiger charge is -2.16. The van der Waals surface area contributed by atoms with Crippen molar-refractivity contribution in [3.8, 4) is 34.2 Å². The second-order valence-corrected chi connectivity index (χ2v) is 13.6. The SMILES string of the molecule is CCCCC(CC)CCc1ccc(-c2nc(-c3ccc(CC)cc3)nc(-c3ccc(CCC(CC)CCCC)cc3C)n2)c(C)c1. The molecule has 0 fully saturated rings. The van der Waals surface area contributed by atoms with E-state index in [1.165, 1.54) is 92.0 Å². The highest BCUT2D eigenvalue weighted by molar-refractivity contribution is 5.69. The third kappa shape index (κ3) is 9.84. The zero-order valence-corrected chi connectivity index (χ0v) is 30.0. The van der Waals surface area contributed by atoms with Crippen molar-refractivity contribution in [1.29, 1.82) is 0 Å². The third-order valence-corrected chi connectivity index (χ3v) is 10.1. The highest BCUT2D eigenvalue weighted by atomic mass is 15.0. The van der Waals surface area contributed by atoms with E-state index in [4.69, 9.17) is 15.0 Å². The lowest BCUT2D eigenvalue weighted by atomic mass is 9.91. The molecule has 0 saturated carbocycles. The Morgan fingerprint density at radius 1 is 0.500 bits per heavy atom. The number of nitrogens with zero attached hydrogens (tertiary/aromatic N) is 3. The van der Waals surface area contributed by atoms with Gasteiger partial charge in [0.15, 0.2) is 17.5 Å². The second kappa shape index (κ2) is 18.1. The molecule has 246 valence electrons. The summed E-state index contributed by atoms with van der Waals surface area (Å²) in [6.07, 6.45) is 16.3. The zero-order chi connectivity index (χ0) is 32.9. The maximum absolute atomic E-state index is 5.13. The first-order chi connectivity index (χ1) is 22.4. The van der Waals surface area contributed by atoms with Crippen LogP contribution in [0.4, 0.5) is 0 Å². The van der Waals surface area contributed by atoms with E-state index < -0.39 is 0 Å². The predicted octanol–water partition coefficient (Wildman–Crippen LogP) is 12.3. The van der Waals surface area contributed by atoms with E-state index >= 15 is 0 Å². The Bertz CT molecular complexity index is 1420. The fourth-order valence-electron chi connectivity index (χ4n) is 6.73. The molecule has 3 heteroatoms. The van der Waals surface area contributed by atoms with Crippen LogP contribution in [0.5, 0.6) is 0 Å². The summed E-state index contributed by atoms with van der Waals surface area (Å²) in [5.74, 6) is 3.87. The number of aryl methyl sites for hydroxylation is 5. The fraction of sp³-hybridized carbons (Fsp3) is 0.512. The summed E-state index contributed by atoms with van der Waals surface area (Å²) in [4.78, 5) is 15.3. The minimum absolute atomic E-state index is 0.734. The summed E-state index contributed by atoms with van der Waals surface area (Å²) < 4.78 is 0. The molecule has 0 aliphatic heterocycles. The highest BCUT2D eigenvalue weighted by Crippen LogP contribution is 2.30. The van der Waals surface area contributed by atoms with E-state index in [1.807, 2.05) is 0 Å². The number of benzene rings is 3. The van der Waals surface area contributed by atoms with Gasteiger partial charge in [-0.3, -0.25) is 0 Å². The van der Waals surface area contributed by atoms with Gasteiger partial charge in [-0.25, -0.2) is 15.0 Å². The Hall–Kier alpha value is -3.33. The maximum Gasteiger partial charge on any atom is 0.164 e. The number of aromatic nitrogens is 3. The zero-order valence-electron chi connectivity index (χ0n) is 30.0. The van der Waals surface area contributed by atoms with Gasteiger partial charge in [0, 0.05) is 16.7 Å². The largest absolute Gasteiger partial charge is 0.208 e. The first-order valence-corrected chi connectivity index (χ1v) is 18.4. The minimum atomic E-state index is 0.734. The van der Waals surface area contributed by atoms with E-state index in [1.54, 1.807) is 0 Å². The van der Waals surface area contributed by atoms with Gasteiger partial charge in [-0.05, 0) is 85.6 Å². The molecule has 0 bridgehead atoms. The van der Waals surface area contributed by atoms with Crippen molar-refractivity contribution < 1.29 is 0 Å². The minimum Gasteiger partial charge on any atom is -0.208 e. The number of hydrogen-bond donors (Lipinski definition) is 0. The fourth-order valence-corrected chi connectivity index (χ4v) is 6.73. The van der Waals surface area contributed by atoms with E-state index in [0.717, 1.165) is 65.3 Å². The molecule has 2 atom stereocenters. The molecule has 2 unspecified atom stereocenters. The smallest absolute Gasteiger partial charge is 0.164 e. The number of hydrogen-bond acceptors (Lipinski definition) is 3. The van der Waals surface area contributed by atoms with E-state index in [9.17, 15) is 0 Å². The monoisotopic (exact) mass is 617 g/mol. The highest BCUT2D eigenvalue weighted by Gasteiger charge is 2.16. The molecule has 0 radical (unpaired) electrons. The van der Waals surface area contributed by atoms with Crippen LogP contribution in [0, 0.1) is 25.7 Å². The molecule has 0 aliphatic carbocycles. The Labute approximate surface area is 280 Å². The van der Waals surface area contributed by atoms with Crippen LogP contribution in [0.2, 0.25) is 0 Å². The molecule has 0 amide bonds. The predicted molar refractivity (Wildman–Crippen MR) is 198 cm³/mol. The van der Waals surface area contributed by atoms with Gasteiger partial charge in [0.25, 0.3) is 0 Å². The van der Waals surface area contributed by atoms with Gasteiger partial charge in [0.05, 0.1) is 0 Å². The summed E-state index contributed by atoms with van der Waals surface area (Å²) in [5, 5.41) is 0. The average molecular weight is 618 g/mol. The molecule has 0 aliphatic rings. The second-order valence-electron chi connectivity index (χ2n) is 13.6. The van der Waals surface area contributed by atoms with Crippen LogP contribution in [0.25, 0.3) is 34.2 Å². The molecule has 0 spiro atoms. The van der Waals surface area contributed by atoms with Gasteiger partial charge in [-0.2, -0.15) is 0 Å². The average Bonchev–Trinajstić information content (AvgIpc) is 3.08. The lowest BCUT2D eigenvalue weighted by molar-refractivity contribution is 0.422. The Kier molecular flexibility index (Phi) is 14.0. The van der Waals surface area contributed by atoms with Crippen molar-refractivity contribution in [1.82, 2.24) is 15.0 Å². The van der Waals surface area contributed by atoms with Crippen molar-refractivity contribution in [2.24, 2.45) is 11.8 Å². The van der Waals surface area contributed by atoms with Crippen molar-refractivity contribution in [2.45, 2.75) is 132 Å². The van der Waals surface area contributed by atoms with E-state index in [2.05, 4.69) is 109 Å². The molecule has 1 heterocycles. The number of unbranched alkanes of at least 4 members (excludes halogenated alkanes) is 2. The van der Waals surface area contributed by atoms with Crippen LogP contribution in [0.15, 0.2) is 60.7 Å². The third-order valence-electron chi connectivity index (χ3n) is 10.1. The molecule has 46 heavy (non-hydrogen) atoms. The van der Waals surface area contributed by atoms with Gasteiger partial charge in [-0.15, -0.1) is 0 Å². The first-order valence-electron chi connectivity index (χ1n) is 18.4. The molecule has 0 saturated heterocycles. The van der Waals surface area contributed by atoms with Crippen molar-refractivity contribution in [3.05, 3.63) is 88.5 Å². The Balaban J connectivity index is 1.65. The van der Waals surface area contributed by atoms with Gasteiger partial charge in [0.2, 0.25) is 0 Å². The van der Waals surface area contributed by atoms with Crippen LogP contribution in [0.3, 0.4) is 0 Å². The van der Waals surface area contributed by atoms with Gasteiger partial charge >= 0.3 is 0 Å². The van der Waals surface area contributed by atoms with Gasteiger partial charge in [0.1, 0.15) is 0 Å². The normalized spacial score (nSPS) is 12.8. The molecule has 1 aromatic heterocycles. The van der Waals surface area contributed by atoms with Crippen molar-refractivity contribution in [3.63, 3.8) is 0 Å². The molecule has 4 aromatic rings. The van der Waals surface area contributed by atoms with E-state index in [0.29, 0.717) is 0 Å². The van der Waals surface area contributed by atoms with Gasteiger partial charge < -0.3 is 0 Å². The standard InChI is InChI=1S/C43H59N3/c1-8-13-15-33(10-3)17-19-36-23-27-39(31(6)29-36)42-44-41(38-25-21-35(12-5)22-26-38)45-43(46-42)40-28-24-37(30-32(40)7)20-18-34(11-4)16-14-9-2/h21-30,33-34H,8-20H2,1-7H3. The van der Waals surface area contributed by atoms with Gasteiger partial charge in [-0.1, -0.05) is 147 Å².